The zero-order valence-corrected chi connectivity index (χ0v) is 28.5. The molecule has 0 aliphatic heterocycles. The third kappa shape index (κ3) is 9.15. The topological polar surface area (TPSA) is 163 Å². The number of rotatable bonds is 17. The second-order valence-corrected chi connectivity index (χ2v) is 12.1. The van der Waals surface area contributed by atoms with Gasteiger partial charge in [-0.3, -0.25) is 14.2 Å². The Bertz CT molecular complexity index is 1560. The maximum absolute atomic E-state index is 14.0. The van der Waals surface area contributed by atoms with Crippen LogP contribution in [0.3, 0.4) is 0 Å². The van der Waals surface area contributed by atoms with E-state index in [0.29, 0.717) is 29.9 Å². The van der Waals surface area contributed by atoms with Crippen molar-refractivity contribution in [1.29, 1.82) is 5.26 Å². The molecule has 10 heteroatoms. The van der Waals surface area contributed by atoms with Gasteiger partial charge < -0.3 is 21.5 Å². The lowest BCUT2D eigenvalue weighted by molar-refractivity contribution is 0.0670. The van der Waals surface area contributed by atoms with Crippen molar-refractivity contribution < 1.29 is 9.90 Å². The number of amides is 1. The number of hydrogen-bond donors (Lipinski definition) is 3. The molecule has 0 radical (unpaired) electrons. The van der Waals surface area contributed by atoms with Gasteiger partial charge in [-0.15, -0.1) is 5.11 Å². The van der Waals surface area contributed by atoms with Gasteiger partial charge in [0, 0.05) is 42.8 Å². The summed E-state index contributed by atoms with van der Waals surface area (Å²) in [5.41, 5.74) is 14.2. The highest BCUT2D eigenvalue weighted by atomic mass is 16.3. The molecule has 47 heavy (non-hydrogen) atoms. The van der Waals surface area contributed by atoms with E-state index >= 15 is 0 Å². The lowest BCUT2D eigenvalue weighted by Gasteiger charge is -2.34. The smallest absolute Gasteiger partial charge is 0.281 e. The second kappa shape index (κ2) is 18.1. The van der Waals surface area contributed by atoms with E-state index in [1.807, 2.05) is 17.0 Å². The Morgan fingerprint density at radius 3 is 1.91 bits per heavy atom. The molecule has 0 saturated carbocycles. The minimum absolute atomic E-state index is 0.00648. The van der Waals surface area contributed by atoms with E-state index in [2.05, 4.69) is 37.9 Å². The predicted molar refractivity (Wildman–Crippen MR) is 188 cm³/mol. The van der Waals surface area contributed by atoms with Crippen molar-refractivity contribution in [3.05, 3.63) is 76.1 Å². The molecule has 1 amide bonds. The van der Waals surface area contributed by atoms with Gasteiger partial charge in [0.05, 0.1) is 5.69 Å². The average Bonchev–Trinajstić information content (AvgIpc) is 3.08. The van der Waals surface area contributed by atoms with E-state index in [4.69, 9.17) is 11.5 Å². The summed E-state index contributed by atoms with van der Waals surface area (Å²) in [4.78, 5) is 29.3. The van der Waals surface area contributed by atoms with Crippen LogP contribution < -0.4 is 17.0 Å². The van der Waals surface area contributed by atoms with Gasteiger partial charge in [-0.25, -0.2) is 0 Å². The van der Waals surface area contributed by atoms with Crippen LogP contribution in [0, 0.1) is 23.2 Å². The fourth-order valence-electron chi connectivity index (χ4n) is 6.11. The number of nitrogens with two attached hydrogens (primary N) is 2. The van der Waals surface area contributed by atoms with Crippen LogP contribution in [0.25, 0.3) is 11.1 Å². The number of aromatic hydroxyl groups is 1. The molecule has 0 fully saturated rings. The van der Waals surface area contributed by atoms with E-state index in [1.165, 1.54) is 0 Å². The first-order valence-corrected chi connectivity index (χ1v) is 16.9. The second-order valence-electron chi connectivity index (χ2n) is 12.1. The Morgan fingerprint density at radius 2 is 1.45 bits per heavy atom. The summed E-state index contributed by atoms with van der Waals surface area (Å²) in [6.07, 6.45) is 5.52. The molecule has 0 aliphatic rings. The zero-order chi connectivity index (χ0) is 34.5. The molecule has 4 atom stereocenters. The molecule has 1 heterocycles. The number of benzene rings is 2. The molecule has 0 bridgehead atoms. The van der Waals surface area contributed by atoms with E-state index in [1.54, 1.807) is 55.5 Å². The molecule has 0 spiro atoms. The molecule has 3 aromatic rings. The number of pyridine rings is 1. The van der Waals surface area contributed by atoms with Gasteiger partial charge in [0.2, 0.25) is 5.88 Å². The number of aromatic nitrogens is 1. The first kappa shape index (κ1) is 37.1. The standard InChI is InChI=1S/C37H51N7O3/c1-6-14-31(39)25(8-3)23-43(24-26(9-4)32(40)15-7-2)35(45)28-18-20-29(21-19-28)41-42-34-33(27-16-12-11-13-17-27)30(22-38)36(46)44(10-5)37(34)47/h11-13,16-21,25-26,31-32,46H,6-10,14-15,23-24,39-40H2,1-5H3. The Morgan fingerprint density at radius 1 is 0.894 bits per heavy atom. The largest absolute Gasteiger partial charge is 0.493 e. The Hall–Kier alpha value is -4.33. The van der Waals surface area contributed by atoms with Crippen LogP contribution in [0.15, 0.2) is 69.6 Å². The van der Waals surface area contributed by atoms with E-state index in [9.17, 15) is 20.0 Å². The molecule has 3 rings (SSSR count). The van der Waals surface area contributed by atoms with Gasteiger partial charge >= 0.3 is 0 Å². The molecule has 0 aliphatic carbocycles. The van der Waals surface area contributed by atoms with Crippen molar-refractivity contribution in [3.8, 4) is 23.1 Å². The molecular formula is C37H51N7O3. The van der Waals surface area contributed by atoms with Crippen molar-refractivity contribution in [2.75, 3.05) is 13.1 Å². The van der Waals surface area contributed by atoms with Crippen LogP contribution in [-0.2, 0) is 6.54 Å². The highest BCUT2D eigenvalue weighted by Gasteiger charge is 2.27. The van der Waals surface area contributed by atoms with Gasteiger partial charge in [0.15, 0.2) is 5.69 Å². The first-order valence-electron chi connectivity index (χ1n) is 16.9. The quantitative estimate of drug-likeness (QED) is 0.131. The lowest BCUT2D eigenvalue weighted by Crippen LogP contribution is -2.46. The predicted octanol–water partition coefficient (Wildman–Crippen LogP) is 7.28. The number of hydrogen-bond acceptors (Lipinski definition) is 8. The fraction of sp³-hybridized carbons (Fsp3) is 0.486. The van der Waals surface area contributed by atoms with Gasteiger partial charge in [-0.2, -0.15) is 10.4 Å². The number of nitriles is 1. The molecule has 2 aromatic carbocycles. The van der Waals surface area contributed by atoms with Crippen LogP contribution in [0.5, 0.6) is 5.88 Å². The highest BCUT2D eigenvalue weighted by molar-refractivity contribution is 5.94. The summed E-state index contributed by atoms with van der Waals surface area (Å²) in [7, 11) is 0. The van der Waals surface area contributed by atoms with Gasteiger partial charge in [0.25, 0.3) is 11.5 Å². The molecule has 0 saturated heterocycles. The number of azo groups is 1. The lowest BCUT2D eigenvalue weighted by atomic mass is 9.90. The maximum Gasteiger partial charge on any atom is 0.281 e. The van der Waals surface area contributed by atoms with Crippen molar-refractivity contribution in [3.63, 3.8) is 0 Å². The van der Waals surface area contributed by atoms with Crippen molar-refractivity contribution >= 4 is 17.3 Å². The normalized spacial score (nSPS) is 14.0. The third-order valence-electron chi connectivity index (χ3n) is 8.98. The summed E-state index contributed by atoms with van der Waals surface area (Å²) in [6.45, 7) is 11.4. The van der Waals surface area contributed by atoms with Gasteiger partial charge in [-0.1, -0.05) is 83.7 Å². The first-order chi connectivity index (χ1) is 22.6. The van der Waals surface area contributed by atoms with E-state index in [-0.39, 0.29) is 53.2 Å². The van der Waals surface area contributed by atoms with Crippen molar-refractivity contribution in [2.45, 2.75) is 91.8 Å². The van der Waals surface area contributed by atoms with Crippen LogP contribution in [0.1, 0.15) is 89.1 Å². The summed E-state index contributed by atoms with van der Waals surface area (Å²) in [5.74, 6) is -0.165. The Labute approximate surface area is 279 Å². The number of carbonyl (C=O) groups is 1. The summed E-state index contributed by atoms with van der Waals surface area (Å²) in [5, 5.41) is 29.3. The highest BCUT2D eigenvalue weighted by Crippen LogP contribution is 2.36. The molecule has 1 aromatic heterocycles. The van der Waals surface area contributed by atoms with Crippen molar-refractivity contribution in [1.82, 2.24) is 9.47 Å². The third-order valence-corrected chi connectivity index (χ3v) is 8.98. The summed E-state index contributed by atoms with van der Waals surface area (Å²) >= 11 is 0. The fourth-order valence-corrected chi connectivity index (χ4v) is 6.11. The minimum atomic E-state index is -0.562. The average molecular weight is 642 g/mol. The van der Waals surface area contributed by atoms with Crippen LogP contribution in [0.2, 0.25) is 0 Å². The monoisotopic (exact) mass is 641 g/mol. The molecule has 5 N–H and O–H groups in total. The molecular weight excluding hydrogens is 590 g/mol. The Kier molecular flexibility index (Phi) is 14.3. The van der Waals surface area contributed by atoms with Crippen molar-refractivity contribution in [2.24, 2.45) is 33.5 Å². The van der Waals surface area contributed by atoms with E-state index in [0.717, 1.165) is 43.1 Å². The van der Waals surface area contributed by atoms with Gasteiger partial charge in [0.1, 0.15) is 11.6 Å². The van der Waals surface area contributed by atoms with Crippen LogP contribution in [0.4, 0.5) is 11.4 Å². The maximum atomic E-state index is 14.0. The molecule has 4 unspecified atom stereocenters. The zero-order valence-electron chi connectivity index (χ0n) is 28.5. The molecule has 252 valence electrons. The number of nitrogens with zero attached hydrogens (tertiary/aromatic N) is 5. The summed E-state index contributed by atoms with van der Waals surface area (Å²) < 4.78 is 1.10. The van der Waals surface area contributed by atoms with Crippen LogP contribution in [-0.4, -0.2) is 45.7 Å². The van der Waals surface area contributed by atoms with E-state index < -0.39 is 11.4 Å². The SMILES string of the molecule is CCCC(N)C(CC)CN(CC(CC)C(N)CCC)C(=O)c1ccc(N=Nc2c(-c3ccccc3)c(C#N)c(O)n(CC)c2=O)cc1. The van der Waals surface area contributed by atoms with Crippen LogP contribution >= 0.6 is 0 Å². The Balaban J connectivity index is 1.98. The van der Waals surface area contributed by atoms with Gasteiger partial charge in [-0.05, 0) is 61.4 Å². The summed E-state index contributed by atoms with van der Waals surface area (Å²) in [6, 6.07) is 17.7. The minimum Gasteiger partial charge on any atom is -0.493 e. The number of carbonyl (C=O) groups excluding carboxylic acids is 1. The molecule has 10 nitrogen and oxygen atoms in total.